The number of nitriles is 1. The van der Waals surface area contributed by atoms with Crippen molar-refractivity contribution < 1.29 is 18.0 Å². The molecule has 6 nitrogen and oxygen atoms in total. The molecule has 30 heavy (non-hydrogen) atoms. The highest BCUT2D eigenvalue weighted by Crippen LogP contribution is 2.32. The van der Waals surface area contributed by atoms with Gasteiger partial charge >= 0.3 is 6.18 Å². The van der Waals surface area contributed by atoms with Crippen LogP contribution in [0.1, 0.15) is 27.2 Å². The number of alkyl halides is 3. The van der Waals surface area contributed by atoms with Crippen LogP contribution in [0, 0.1) is 11.3 Å². The molecule has 0 radical (unpaired) electrons. The summed E-state index contributed by atoms with van der Waals surface area (Å²) in [6.45, 7) is 0.137. The Hall–Kier alpha value is -3.93. The van der Waals surface area contributed by atoms with E-state index >= 15 is 0 Å². The Morgan fingerprint density at radius 3 is 2.57 bits per heavy atom. The van der Waals surface area contributed by atoms with E-state index in [1.807, 2.05) is 6.07 Å². The number of amides is 1. The molecule has 9 heteroatoms. The van der Waals surface area contributed by atoms with Gasteiger partial charge in [-0.2, -0.15) is 18.4 Å². The van der Waals surface area contributed by atoms with E-state index in [4.69, 9.17) is 5.26 Å². The molecule has 2 aromatic carbocycles. The van der Waals surface area contributed by atoms with Crippen LogP contribution in [-0.4, -0.2) is 27.8 Å². The van der Waals surface area contributed by atoms with Gasteiger partial charge in [0.15, 0.2) is 5.69 Å². The highest BCUT2D eigenvalue weighted by atomic mass is 19.4. The Labute approximate surface area is 170 Å². The zero-order valence-electron chi connectivity index (χ0n) is 15.8. The zero-order chi connectivity index (χ0) is 21.7. The molecule has 0 atom stereocenters. The summed E-state index contributed by atoms with van der Waals surface area (Å²) in [5, 5.41) is 11.6. The molecule has 0 spiro atoms. The first-order chi connectivity index (χ1) is 14.3. The molecule has 3 aromatic rings. The monoisotopic (exact) mass is 411 g/mol. The molecule has 1 amide bonds. The maximum atomic E-state index is 13.6. The number of benzene rings is 2. The summed E-state index contributed by atoms with van der Waals surface area (Å²) in [4.78, 5) is 21.2. The lowest BCUT2D eigenvalue weighted by Gasteiger charge is -2.20. The van der Waals surface area contributed by atoms with E-state index in [0.717, 1.165) is 11.8 Å². The summed E-state index contributed by atoms with van der Waals surface area (Å²) in [7, 11) is 1.41. The van der Waals surface area contributed by atoms with E-state index in [-0.39, 0.29) is 12.5 Å². The summed E-state index contributed by atoms with van der Waals surface area (Å²) < 4.78 is 40.8. The molecule has 1 N–H and O–H groups in total. The second kappa shape index (κ2) is 8.61. The molecule has 1 aromatic heterocycles. The summed E-state index contributed by atoms with van der Waals surface area (Å²) in [5.41, 5.74) is -0.523. The van der Waals surface area contributed by atoms with E-state index < -0.39 is 23.3 Å². The normalized spacial score (nSPS) is 10.9. The number of nitrogens with one attached hydrogen (secondary N) is 1. The van der Waals surface area contributed by atoms with Crippen molar-refractivity contribution in [1.29, 1.82) is 5.26 Å². The maximum Gasteiger partial charge on any atom is 0.434 e. The molecule has 1 heterocycles. The van der Waals surface area contributed by atoms with E-state index in [1.54, 1.807) is 48.5 Å². The average Bonchev–Trinajstić information content (AvgIpc) is 2.73. The fourth-order valence-electron chi connectivity index (χ4n) is 2.74. The van der Waals surface area contributed by atoms with Crippen molar-refractivity contribution in [3.63, 3.8) is 0 Å². The second-order valence-electron chi connectivity index (χ2n) is 6.42. The predicted octanol–water partition coefficient (Wildman–Crippen LogP) is 4.38. The second-order valence-corrected chi connectivity index (χ2v) is 6.42. The Morgan fingerprint density at radius 1 is 1.17 bits per heavy atom. The highest BCUT2D eigenvalue weighted by molar-refractivity contribution is 5.95. The minimum absolute atomic E-state index is 0.137. The molecule has 0 bridgehead atoms. The number of carbonyl (C=O) groups is 1. The van der Waals surface area contributed by atoms with E-state index in [1.165, 1.54) is 18.0 Å². The van der Waals surface area contributed by atoms with Crippen LogP contribution < -0.4 is 5.32 Å². The molecule has 0 saturated heterocycles. The number of anilines is 2. The van der Waals surface area contributed by atoms with Crippen molar-refractivity contribution in [2.24, 2.45) is 0 Å². The molecule has 3 rings (SSSR count). The average molecular weight is 411 g/mol. The fourth-order valence-corrected chi connectivity index (χ4v) is 2.74. The molecule has 0 aliphatic carbocycles. The van der Waals surface area contributed by atoms with Gasteiger partial charge in [0, 0.05) is 25.5 Å². The Kier molecular flexibility index (Phi) is 5.97. The summed E-state index contributed by atoms with van der Waals surface area (Å²) in [6.07, 6.45) is -4.00. The molecule has 0 fully saturated rings. The van der Waals surface area contributed by atoms with Crippen molar-refractivity contribution in [3.05, 3.63) is 83.2 Å². The predicted molar refractivity (Wildman–Crippen MR) is 104 cm³/mol. The van der Waals surface area contributed by atoms with E-state index in [2.05, 4.69) is 15.3 Å². The molecule has 152 valence electrons. The zero-order valence-corrected chi connectivity index (χ0v) is 15.8. The van der Waals surface area contributed by atoms with Crippen LogP contribution in [0.15, 0.2) is 60.8 Å². The number of nitrogens with zero attached hydrogens (tertiary/aromatic N) is 4. The van der Waals surface area contributed by atoms with Crippen LogP contribution in [0.5, 0.6) is 0 Å². The first-order valence-corrected chi connectivity index (χ1v) is 8.79. The lowest BCUT2D eigenvalue weighted by Crippen LogP contribution is -2.29. The van der Waals surface area contributed by atoms with Gasteiger partial charge in [0.05, 0.1) is 17.2 Å². The number of rotatable bonds is 5. The van der Waals surface area contributed by atoms with Gasteiger partial charge in [0.1, 0.15) is 0 Å². The van der Waals surface area contributed by atoms with Gasteiger partial charge in [-0.05, 0) is 23.8 Å². The number of hydrogen-bond acceptors (Lipinski definition) is 5. The lowest BCUT2D eigenvalue weighted by atomic mass is 10.1. The standard InChI is InChI=1S/C21H16F3N5O/c1-29(13-14-6-3-2-4-7-14)19(30)17-12-26-20(28-18(17)21(22,23)24)27-16-9-5-8-15(10-16)11-25/h2-10,12H,13H2,1H3,(H,26,27,28). The fraction of sp³-hybridized carbons (Fsp3) is 0.143. The Balaban J connectivity index is 1.89. The minimum atomic E-state index is -4.85. The van der Waals surface area contributed by atoms with Gasteiger partial charge in [-0.1, -0.05) is 36.4 Å². The molecule has 0 aliphatic rings. The van der Waals surface area contributed by atoms with Crippen LogP contribution in [-0.2, 0) is 12.7 Å². The molecule has 0 saturated carbocycles. The smallest absolute Gasteiger partial charge is 0.337 e. The third kappa shape index (κ3) is 4.91. The van der Waals surface area contributed by atoms with E-state index in [0.29, 0.717) is 11.3 Å². The topological polar surface area (TPSA) is 81.9 Å². The molecular formula is C21H16F3N5O. The quantitative estimate of drug-likeness (QED) is 0.674. The van der Waals surface area contributed by atoms with Crippen molar-refractivity contribution in [1.82, 2.24) is 14.9 Å². The van der Waals surface area contributed by atoms with Gasteiger partial charge in [0.25, 0.3) is 5.91 Å². The summed E-state index contributed by atoms with van der Waals surface area (Å²) in [5.74, 6) is -1.18. The third-order valence-corrected chi connectivity index (χ3v) is 4.14. The van der Waals surface area contributed by atoms with Crippen LogP contribution in [0.3, 0.4) is 0 Å². The van der Waals surface area contributed by atoms with Crippen molar-refractivity contribution in [2.45, 2.75) is 12.7 Å². The first kappa shape index (κ1) is 20.8. The largest absolute Gasteiger partial charge is 0.434 e. The number of aromatic nitrogens is 2. The summed E-state index contributed by atoms with van der Waals surface area (Å²) >= 11 is 0. The van der Waals surface area contributed by atoms with Gasteiger partial charge in [-0.15, -0.1) is 0 Å². The minimum Gasteiger partial charge on any atom is -0.337 e. The Morgan fingerprint density at radius 2 is 1.90 bits per heavy atom. The van der Waals surface area contributed by atoms with Gasteiger partial charge in [0.2, 0.25) is 5.95 Å². The number of halogens is 3. The van der Waals surface area contributed by atoms with Crippen LogP contribution in [0.2, 0.25) is 0 Å². The molecular weight excluding hydrogens is 395 g/mol. The molecule has 0 aliphatic heterocycles. The van der Waals surface area contributed by atoms with Crippen molar-refractivity contribution >= 4 is 17.5 Å². The van der Waals surface area contributed by atoms with Crippen LogP contribution in [0.25, 0.3) is 0 Å². The van der Waals surface area contributed by atoms with Gasteiger partial charge in [-0.25, -0.2) is 9.97 Å². The number of hydrogen-bond donors (Lipinski definition) is 1. The van der Waals surface area contributed by atoms with Gasteiger partial charge < -0.3 is 10.2 Å². The van der Waals surface area contributed by atoms with E-state index in [9.17, 15) is 18.0 Å². The van der Waals surface area contributed by atoms with Crippen LogP contribution >= 0.6 is 0 Å². The third-order valence-electron chi connectivity index (χ3n) is 4.14. The van der Waals surface area contributed by atoms with Gasteiger partial charge in [-0.3, -0.25) is 4.79 Å². The maximum absolute atomic E-state index is 13.6. The molecule has 0 unspecified atom stereocenters. The summed E-state index contributed by atoms with van der Waals surface area (Å²) in [6, 6.07) is 17.0. The SMILES string of the molecule is CN(Cc1ccccc1)C(=O)c1cnc(Nc2cccc(C#N)c2)nc1C(F)(F)F. The number of carbonyl (C=O) groups excluding carboxylic acids is 1. The highest BCUT2D eigenvalue weighted by Gasteiger charge is 2.38. The Bertz CT molecular complexity index is 1090. The van der Waals surface area contributed by atoms with Crippen LogP contribution in [0.4, 0.5) is 24.8 Å². The van der Waals surface area contributed by atoms with Crippen molar-refractivity contribution in [3.8, 4) is 6.07 Å². The lowest BCUT2D eigenvalue weighted by molar-refractivity contribution is -0.141. The first-order valence-electron chi connectivity index (χ1n) is 8.79. The van der Waals surface area contributed by atoms with Crippen molar-refractivity contribution in [2.75, 3.05) is 12.4 Å².